The highest BCUT2D eigenvalue weighted by molar-refractivity contribution is 7.80. The Morgan fingerprint density at radius 1 is 1.11 bits per heavy atom. The van der Waals surface area contributed by atoms with E-state index >= 15 is 0 Å². The molecule has 0 aliphatic heterocycles. The Bertz CT molecular complexity index is 209. The Kier molecular flexibility index (Phi) is 1.21. The molecular formula is C4H7N3OS. The molecule has 5 heteroatoms. The van der Waals surface area contributed by atoms with E-state index in [1.165, 1.54) is 0 Å². The highest BCUT2D eigenvalue weighted by atomic mass is 32.1. The fourth-order valence-corrected chi connectivity index (χ4v) is 0.681. The van der Waals surface area contributed by atoms with Crippen molar-refractivity contribution >= 4 is 29.9 Å². The van der Waals surface area contributed by atoms with Gasteiger partial charge in [-0.15, -0.1) is 12.6 Å². The fourth-order valence-electron chi connectivity index (χ4n) is 0.462. The number of thiol groups is 1. The Morgan fingerprint density at radius 3 is 1.78 bits per heavy atom. The van der Waals surface area contributed by atoms with Gasteiger partial charge in [-0.3, -0.25) is 0 Å². The molecule has 0 unspecified atom stereocenters. The monoisotopic (exact) mass is 145 g/mol. The standard InChI is InChI=1S/C4H7N3OS/c5-1-2(6)4(9)8-3(1)7/h9H,5-7H2. The number of hydrogen-bond acceptors (Lipinski definition) is 5. The Balaban J connectivity index is 3.29. The first-order valence-electron chi connectivity index (χ1n) is 2.25. The molecule has 0 atom stereocenters. The number of hydrogen-bond donors (Lipinski definition) is 4. The molecular weight excluding hydrogens is 138 g/mol. The fraction of sp³-hybridized carbons (Fsp3) is 0. The van der Waals surface area contributed by atoms with E-state index in [0.717, 1.165) is 0 Å². The minimum atomic E-state index is 0.123. The van der Waals surface area contributed by atoms with E-state index in [4.69, 9.17) is 21.6 Å². The second-order valence-electron chi connectivity index (χ2n) is 1.60. The van der Waals surface area contributed by atoms with E-state index in [9.17, 15) is 0 Å². The summed E-state index contributed by atoms with van der Waals surface area (Å²) in [6.07, 6.45) is 0. The molecule has 1 aromatic heterocycles. The molecule has 1 rings (SSSR count). The Hall–Kier alpha value is -0.970. The molecule has 4 nitrogen and oxygen atoms in total. The van der Waals surface area contributed by atoms with E-state index in [0.29, 0.717) is 5.69 Å². The van der Waals surface area contributed by atoms with Gasteiger partial charge in [0.1, 0.15) is 11.4 Å². The highest BCUT2D eigenvalue weighted by Gasteiger charge is 2.08. The van der Waals surface area contributed by atoms with Gasteiger partial charge in [-0.05, 0) is 0 Å². The largest absolute Gasteiger partial charge is 0.430 e. The summed E-state index contributed by atoms with van der Waals surface area (Å²) in [6, 6.07) is 0. The molecule has 0 fully saturated rings. The quantitative estimate of drug-likeness (QED) is 0.395. The highest BCUT2D eigenvalue weighted by Crippen LogP contribution is 2.31. The van der Waals surface area contributed by atoms with Gasteiger partial charge in [0, 0.05) is 0 Å². The summed E-state index contributed by atoms with van der Waals surface area (Å²) in [5, 5.41) is 0.269. The summed E-state index contributed by atoms with van der Waals surface area (Å²) in [7, 11) is 0. The molecule has 0 amide bonds. The summed E-state index contributed by atoms with van der Waals surface area (Å²) < 4.78 is 4.74. The van der Waals surface area contributed by atoms with Crippen LogP contribution in [0.1, 0.15) is 0 Å². The van der Waals surface area contributed by atoms with E-state index < -0.39 is 0 Å². The van der Waals surface area contributed by atoms with Crippen LogP contribution in [-0.4, -0.2) is 0 Å². The lowest BCUT2D eigenvalue weighted by atomic mass is 10.4. The maximum Gasteiger partial charge on any atom is 0.217 e. The first kappa shape index (κ1) is 6.15. The molecule has 0 aliphatic rings. The normalized spacial score (nSPS) is 9.89. The Morgan fingerprint density at radius 2 is 1.67 bits per heavy atom. The minimum absolute atomic E-state index is 0.123. The van der Waals surface area contributed by atoms with Crippen molar-refractivity contribution in [2.24, 2.45) is 0 Å². The molecule has 0 aliphatic carbocycles. The van der Waals surface area contributed by atoms with Crippen molar-refractivity contribution in [1.29, 1.82) is 0 Å². The molecule has 0 saturated heterocycles. The predicted molar refractivity (Wildman–Crippen MR) is 39.2 cm³/mol. The van der Waals surface area contributed by atoms with Crippen molar-refractivity contribution in [1.82, 2.24) is 0 Å². The number of nitrogens with two attached hydrogens (primary N) is 3. The zero-order valence-corrected chi connectivity index (χ0v) is 5.48. The maximum atomic E-state index is 5.33. The van der Waals surface area contributed by atoms with Crippen molar-refractivity contribution in [2.45, 2.75) is 5.09 Å². The zero-order valence-electron chi connectivity index (χ0n) is 4.59. The molecule has 1 aromatic rings. The van der Waals surface area contributed by atoms with Gasteiger partial charge >= 0.3 is 0 Å². The van der Waals surface area contributed by atoms with E-state index in [1.807, 2.05) is 0 Å². The predicted octanol–water partition coefficient (Wildman–Crippen LogP) is 0.315. The van der Waals surface area contributed by atoms with E-state index in [-0.39, 0.29) is 16.7 Å². The Labute approximate surface area is 57.4 Å². The summed E-state index contributed by atoms with van der Waals surface area (Å²) in [4.78, 5) is 0. The average molecular weight is 145 g/mol. The van der Waals surface area contributed by atoms with Crippen molar-refractivity contribution < 1.29 is 4.42 Å². The van der Waals surface area contributed by atoms with E-state index in [1.54, 1.807) is 0 Å². The average Bonchev–Trinajstić information content (AvgIpc) is 1.98. The third-order valence-electron chi connectivity index (χ3n) is 0.993. The van der Waals surface area contributed by atoms with Crippen LogP contribution >= 0.6 is 12.6 Å². The van der Waals surface area contributed by atoms with Gasteiger partial charge in [-0.2, -0.15) is 0 Å². The van der Waals surface area contributed by atoms with Crippen molar-refractivity contribution in [2.75, 3.05) is 17.2 Å². The zero-order chi connectivity index (χ0) is 7.02. The molecule has 50 valence electrons. The van der Waals surface area contributed by atoms with Crippen LogP contribution < -0.4 is 17.2 Å². The summed E-state index contributed by atoms with van der Waals surface area (Å²) in [6.45, 7) is 0. The molecule has 0 aromatic carbocycles. The van der Waals surface area contributed by atoms with Crippen LogP contribution in [-0.2, 0) is 0 Å². The SMILES string of the molecule is Nc1oc(S)c(N)c1N. The lowest BCUT2D eigenvalue weighted by Gasteiger charge is -1.85. The molecule has 0 saturated carbocycles. The van der Waals surface area contributed by atoms with Crippen LogP contribution in [0.5, 0.6) is 0 Å². The third kappa shape index (κ3) is 0.787. The van der Waals surface area contributed by atoms with Crippen LogP contribution in [0.2, 0.25) is 0 Å². The van der Waals surface area contributed by atoms with Gasteiger partial charge in [0.05, 0.1) is 0 Å². The van der Waals surface area contributed by atoms with Crippen LogP contribution in [0.25, 0.3) is 0 Å². The number of nitrogen functional groups attached to an aromatic ring is 3. The minimum Gasteiger partial charge on any atom is -0.430 e. The topological polar surface area (TPSA) is 91.2 Å². The number of furan rings is 1. The van der Waals surface area contributed by atoms with Gasteiger partial charge in [0.2, 0.25) is 5.88 Å². The lowest BCUT2D eigenvalue weighted by Crippen LogP contribution is -1.93. The summed E-state index contributed by atoms with van der Waals surface area (Å²) in [5.74, 6) is 0.123. The molecule has 1 heterocycles. The number of rotatable bonds is 0. The van der Waals surface area contributed by atoms with E-state index in [2.05, 4.69) is 12.6 Å². The van der Waals surface area contributed by atoms with Crippen LogP contribution in [0.4, 0.5) is 17.3 Å². The van der Waals surface area contributed by atoms with Crippen LogP contribution in [0.3, 0.4) is 0 Å². The van der Waals surface area contributed by atoms with Gasteiger partial charge in [0.25, 0.3) is 0 Å². The van der Waals surface area contributed by atoms with Gasteiger partial charge < -0.3 is 21.6 Å². The van der Waals surface area contributed by atoms with Gasteiger partial charge in [-0.1, -0.05) is 0 Å². The van der Waals surface area contributed by atoms with Crippen molar-refractivity contribution in [3.05, 3.63) is 0 Å². The third-order valence-corrected chi connectivity index (χ3v) is 1.32. The van der Waals surface area contributed by atoms with Gasteiger partial charge in [-0.25, -0.2) is 0 Å². The second kappa shape index (κ2) is 1.77. The van der Waals surface area contributed by atoms with Crippen LogP contribution in [0, 0.1) is 0 Å². The summed E-state index contributed by atoms with van der Waals surface area (Å²) >= 11 is 3.84. The van der Waals surface area contributed by atoms with Crippen molar-refractivity contribution in [3.8, 4) is 0 Å². The molecule has 6 N–H and O–H groups in total. The first-order valence-corrected chi connectivity index (χ1v) is 2.70. The second-order valence-corrected chi connectivity index (χ2v) is 2.00. The first-order chi connectivity index (χ1) is 4.13. The summed E-state index contributed by atoms with van der Waals surface area (Å²) in [5.41, 5.74) is 16.4. The molecule has 0 spiro atoms. The molecule has 0 bridgehead atoms. The van der Waals surface area contributed by atoms with Crippen molar-refractivity contribution in [3.63, 3.8) is 0 Å². The smallest absolute Gasteiger partial charge is 0.217 e. The lowest BCUT2D eigenvalue weighted by molar-refractivity contribution is 0.497. The molecule has 9 heavy (non-hydrogen) atoms. The molecule has 0 radical (unpaired) electrons. The maximum absolute atomic E-state index is 5.33. The van der Waals surface area contributed by atoms with Crippen LogP contribution in [0.15, 0.2) is 9.51 Å². The van der Waals surface area contributed by atoms with Gasteiger partial charge in [0.15, 0.2) is 5.09 Å². The number of anilines is 3.